The lowest BCUT2D eigenvalue weighted by Gasteiger charge is -2.15. The summed E-state index contributed by atoms with van der Waals surface area (Å²) in [6.45, 7) is 8.32. The van der Waals surface area contributed by atoms with Crippen molar-refractivity contribution in [2.75, 3.05) is 0 Å². The molecule has 5 heteroatoms. The molecule has 0 aromatic carbocycles. The van der Waals surface area contributed by atoms with Crippen LogP contribution in [0.3, 0.4) is 0 Å². The van der Waals surface area contributed by atoms with Gasteiger partial charge < -0.3 is 5.32 Å². The number of hydrogen-bond acceptors (Lipinski definition) is 4. The second kappa shape index (κ2) is 5.71. The topological polar surface area (TPSA) is 54.9 Å². The number of aromatic nitrogens is 2. The van der Waals surface area contributed by atoms with E-state index in [4.69, 9.17) is 0 Å². The van der Waals surface area contributed by atoms with Crippen LogP contribution >= 0.6 is 11.3 Å². The minimum atomic E-state index is -0.175. The Bertz CT molecular complexity index is 587. The summed E-state index contributed by atoms with van der Waals surface area (Å²) in [6.07, 6.45) is 1.61. The van der Waals surface area contributed by atoms with E-state index in [2.05, 4.69) is 41.4 Å². The van der Waals surface area contributed by atoms with Crippen LogP contribution in [0.1, 0.15) is 54.9 Å². The molecule has 2 rings (SSSR count). The molecule has 0 saturated carbocycles. The minimum Gasteiger partial charge on any atom is -0.342 e. The quantitative estimate of drug-likeness (QED) is 0.943. The standard InChI is InChI=1S/C15H19N3OS/c1-10(14-18-12(9-20-14)15(2,3)4)17-13(19)11-7-5-6-8-16-11/h5-10H,1-4H3,(H,17,19). The molecule has 0 radical (unpaired) electrons. The highest BCUT2D eigenvalue weighted by molar-refractivity contribution is 7.09. The van der Waals surface area contributed by atoms with Crippen LogP contribution in [0.5, 0.6) is 0 Å². The number of nitrogens with zero attached hydrogens (tertiary/aromatic N) is 2. The lowest BCUT2D eigenvalue weighted by molar-refractivity contribution is 0.0935. The molecular weight excluding hydrogens is 270 g/mol. The van der Waals surface area contributed by atoms with Crippen molar-refractivity contribution in [2.45, 2.75) is 39.2 Å². The van der Waals surface area contributed by atoms with Crippen LogP contribution in [0.2, 0.25) is 0 Å². The Kier molecular flexibility index (Phi) is 4.18. The zero-order valence-corrected chi connectivity index (χ0v) is 13.0. The van der Waals surface area contributed by atoms with Gasteiger partial charge in [0.25, 0.3) is 5.91 Å². The van der Waals surface area contributed by atoms with Crippen molar-refractivity contribution < 1.29 is 4.79 Å². The molecule has 0 spiro atoms. The van der Waals surface area contributed by atoms with E-state index in [1.54, 1.807) is 35.7 Å². The average molecular weight is 289 g/mol. The fraction of sp³-hybridized carbons (Fsp3) is 0.400. The molecule has 2 aromatic heterocycles. The highest BCUT2D eigenvalue weighted by Crippen LogP contribution is 2.26. The summed E-state index contributed by atoms with van der Waals surface area (Å²) < 4.78 is 0. The van der Waals surface area contributed by atoms with Crippen molar-refractivity contribution in [1.29, 1.82) is 0 Å². The van der Waals surface area contributed by atoms with E-state index in [0.29, 0.717) is 5.69 Å². The molecule has 1 atom stereocenters. The van der Waals surface area contributed by atoms with Crippen LogP contribution in [-0.4, -0.2) is 15.9 Å². The summed E-state index contributed by atoms with van der Waals surface area (Å²) in [5, 5.41) is 5.89. The molecule has 0 fully saturated rings. The molecule has 0 aliphatic carbocycles. The van der Waals surface area contributed by atoms with Gasteiger partial charge in [-0.3, -0.25) is 9.78 Å². The lowest BCUT2D eigenvalue weighted by atomic mass is 9.93. The Hall–Kier alpha value is -1.75. The molecule has 1 unspecified atom stereocenters. The Morgan fingerprint density at radius 2 is 2.10 bits per heavy atom. The van der Waals surface area contributed by atoms with Gasteiger partial charge in [-0.1, -0.05) is 26.8 Å². The van der Waals surface area contributed by atoms with Crippen molar-refractivity contribution in [2.24, 2.45) is 0 Å². The molecule has 4 nitrogen and oxygen atoms in total. The highest BCUT2D eigenvalue weighted by Gasteiger charge is 2.20. The van der Waals surface area contributed by atoms with Crippen molar-refractivity contribution >= 4 is 17.2 Å². The molecule has 0 aliphatic heterocycles. The lowest BCUT2D eigenvalue weighted by Crippen LogP contribution is -2.27. The summed E-state index contributed by atoms with van der Waals surface area (Å²) >= 11 is 1.58. The largest absolute Gasteiger partial charge is 0.342 e. The van der Waals surface area contributed by atoms with Gasteiger partial charge in [-0.05, 0) is 19.1 Å². The van der Waals surface area contributed by atoms with Gasteiger partial charge >= 0.3 is 0 Å². The van der Waals surface area contributed by atoms with Gasteiger partial charge in [0.05, 0.1) is 11.7 Å². The third-order valence-corrected chi connectivity index (χ3v) is 3.93. The highest BCUT2D eigenvalue weighted by atomic mass is 32.1. The second-order valence-corrected chi connectivity index (χ2v) is 6.62. The number of rotatable bonds is 3. The molecule has 1 amide bonds. The van der Waals surface area contributed by atoms with E-state index in [1.807, 2.05) is 6.92 Å². The first kappa shape index (κ1) is 14.7. The van der Waals surface area contributed by atoms with Crippen LogP contribution in [0, 0.1) is 0 Å². The molecule has 2 aromatic rings. The number of amides is 1. The number of hydrogen-bond donors (Lipinski definition) is 1. The first-order valence-corrected chi connectivity index (χ1v) is 7.43. The van der Waals surface area contributed by atoms with E-state index >= 15 is 0 Å². The predicted molar refractivity (Wildman–Crippen MR) is 80.9 cm³/mol. The molecule has 106 valence electrons. The predicted octanol–water partition coefficient (Wildman–Crippen LogP) is 3.33. The van der Waals surface area contributed by atoms with Gasteiger partial charge in [-0.15, -0.1) is 11.3 Å². The zero-order valence-electron chi connectivity index (χ0n) is 12.2. The minimum absolute atomic E-state index is 0.0272. The molecule has 2 heterocycles. The number of thiazole rings is 1. The van der Waals surface area contributed by atoms with Gasteiger partial charge in [-0.25, -0.2) is 4.98 Å². The van der Waals surface area contributed by atoms with E-state index in [-0.39, 0.29) is 17.4 Å². The molecule has 0 aliphatic rings. The number of carbonyl (C=O) groups excluding carboxylic acids is 1. The van der Waals surface area contributed by atoms with Crippen LogP contribution in [0.15, 0.2) is 29.8 Å². The van der Waals surface area contributed by atoms with E-state index in [9.17, 15) is 4.79 Å². The zero-order chi connectivity index (χ0) is 14.8. The number of carbonyl (C=O) groups is 1. The van der Waals surface area contributed by atoms with Gasteiger partial charge in [-0.2, -0.15) is 0 Å². The smallest absolute Gasteiger partial charge is 0.270 e. The molecule has 20 heavy (non-hydrogen) atoms. The molecule has 0 bridgehead atoms. The SMILES string of the molecule is CC(NC(=O)c1ccccn1)c1nc(C(C)(C)C)cs1. The fourth-order valence-electron chi connectivity index (χ4n) is 1.66. The summed E-state index contributed by atoms with van der Waals surface area (Å²) in [5.74, 6) is -0.175. The molecular formula is C15H19N3OS. The van der Waals surface area contributed by atoms with Gasteiger partial charge in [0, 0.05) is 17.0 Å². The third-order valence-electron chi connectivity index (χ3n) is 2.91. The first-order chi connectivity index (χ1) is 9.38. The van der Waals surface area contributed by atoms with Gasteiger partial charge in [0.15, 0.2) is 0 Å². The molecule has 1 N–H and O–H groups in total. The summed E-state index contributed by atoms with van der Waals surface area (Å²) in [7, 11) is 0. The Balaban J connectivity index is 2.07. The van der Waals surface area contributed by atoms with E-state index in [1.165, 1.54) is 0 Å². The van der Waals surface area contributed by atoms with Crippen LogP contribution < -0.4 is 5.32 Å². The summed E-state index contributed by atoms with van der Waals surface area (Å²) in [6, 6.07) is 5.17. The monoisotopic (exact) mass is 289 g/mol. The maximum Gasteiger partial charge on any atom is 0.270 e. The van der Waals surface area contributed by atoms with Crippen molar-refractivity contribution in [3.8, 4) is 0 Å². The number of pyridine rings is 1. The van der Waals surface area contributed by atoms with Crippen molar-refractivity contribution in [1.82, 2.24) is 15.3 Å². The average Bonchev–Trinajstić information content (AvgIpc) is 2.89. The van der Waals surface area contributed by atoms with E-state index in [0.717, 1.165) is 10.7 Å². The van der Waals surface area contributed by atoms with E-state index < -0.39 is 0 Å². The normalized spacial score (nSPS) is 13.0. The first-order valence-electron chi connectivity index (χ1n) is 6.56. The van der Waals surface area contributed by atoms with Gasteiger partial charge in [0.1, 0.15) is 10.7 Å². The Morgan fingerprint density at radius 3 is 2.65 bits per heavy atom. The van der Waals surface area contributed by atoms with Crippen LogP contribution in [-0.2, 0) is 5.41 Å². The maximum atomic E-state index is 12.0. The van der Waals surface area contributed by atoms with Crippen molar-refractivity contribution in [3.63, 3.8) is 0 Å². The van der Waals surface area contributed by atoms with Crippen LogP contribution in [0.25, 0.3) is 0 Å². The Labute approximate surface area is 123 Å². The molecule has 0 saturated heterocycles. The van der Waals surface area contributed by atoms with Crippen LogP contribution in [0.4, 0.5) is 0 Å². The second-order valence-electron chi connectivity index (χ2n) is 5.73. The third kappa shape index (κ3) is 3.42. The summed E-state index contributed by atoms with van der Waals surface area (Å²) in [4.78, 5) is 20.7. The fourth-order valence-corrected chi connectivity index (χ4v) is 2.71. The Morgan fingerprint density at radius 1 is 1.35 bits per heavy atom. The number of nitrogens with one attached hydrogen (secondary N) is 1. The summed E-state index contributed by atoms with van der Waals surface area (Å²) in [5.41, 5.74) is 1.50. The van der Waals surface area contributed by atoms with Gasteiger partial charge in [0.2, 0.25) is 0 Å². The van der Waals surface area contributed by atoms with Crippen molar-refractivity contribution in [3.05, 3.63) is 46.2 Å². The maximum absolute atomic E-state index is 12.0.